The van der Waals surface area contributed by atoms with E-state index < -0.39 is 17.7 Å². The lowest BCUT2D eigenvalue weighted by atomic mass is 10.0. The first kappa shape index (κ1) is 16.5. The van der Waals surface area contributed by atoms with Crippen LogP contribution in [0.25, 0.3) is 11.3 Å². The second kappa shape index (κ2) is 6.51. The van der Waals surface area contributed by atoms with Gasteiger partial charge in [-0.15, -0.1) is 0 Å². The Morgan fingerprint density at radius 2 is 2.00 bits per heavy atom. The van der Waals surface area contributed by atoms with Crippen molar-refractivity contribution in [3.8, 4) is 11.3 Å². The molecule has 0 bridgehead atoms. The molecule has 0 aliphatic heterocycles. The van der Waals surface area contributed by atoms with Gasteiger partial charge in [0, 0.05) is 12.1 Å². The maximum Gasteiger partial charge on any atom is 0.407 e. The van der Waals surface area contributed by atoms with E-state index in [0.717, 1.165) is 11.1 Å². The van der Waals surface area contributed by atoms with Gasteiger partial charge in [-0.2, -0.15) is 5.10 Å². The zero-order valence-corrected chi connectivity index (χ0v) is 13.2. The number of alkyl carbamates (subject to hydrolysis) is 1. The molecule has 7 heteroatoms. The molecule has 122 valence electrons. The van der Waals surface area contributed by atoms with E-state index in [-0.39, 0.29) is 12.2 Å². The zero-order valence-electron chi connectivity index (χ0n) is 13.2. The van der Waals surface area contributed by atoms with E-state index in [1.54, 1.807) is 20.8 Å². The molecule has 1 aromatic carbocycles. The lowest BCUT2D eigenvalue weighted by Crippen LogP contribution is -2.32. The Balaban J connectivity index is 2.14. The van der Waals surface area contributed by atoms with Crippen molar-refractivity contribution in [1.29, 1.82) is 0 Å². The molecule has 0 fully saturated rings. The number of carbonyl (C=O) groups is 2. The van der Waals surface area contributed by atoms with Gasteiger partial charge in [-0.05, 0) is 32.4 Å². The number of aromatic nitrogens is 2. The quantitative estimate of drug-likeness (QED) is 0.804. The van der Waals surface area contributed by atoms with Crippen molar-refractivity contribution in [2.45, 2.75) is 32.9 Å². The molecule has 7 nitrogen and oxygen atoms in total. The van der Waals surface area contributed by atoms with Gasteiger partial charge >= 0.3 is 12.1 Å². The average Bonchev–Trinajstić information content (AvgIpc) is 2.93. The fourth-order valence-corrected chi connectivity index (χ4v) is 1.98. The smallest absolute Gasteiger partial charge is 0.407 e. The molecule has 0 unspecified atom stereocenters. The number of nitrogens with zero attached hydrogens (tertiary/aromatic N) is 1. The largest absolute Gasteiger partial charge is 0.477 e. The highest BCUT2D eigenvalue weighted by Gasteiger charge is 2.17. The van der Waals surface area contributed by atoms with E-state index in [2.05, 4.69) is 15.5 Å². The van der Waals surface area contributed by atoms with E-state index in [0.29, 0.717) is 5.69 Å². The van der Waals surface area contributed by atoms with Crippen LogP contribution >= 0.6 is 0 Å². The summed E-state index contributed by atoms with van der Waals surface area (Å²) >= 11 is 0. The number of carboxylic acids is 1. The summed E-state index contributed by atoms with van der Waals surface area (Å²) in [6.07, 6.45) is -0.513. The van der Waals surface area contributed by atoms with Crippen LogP contribution in [0, 0.1) is 0 Å². The van der Waals surface area contributed by atoms with Gasteiger partial charge in [0.1, 0.15) is 11.3 Å². The molecular formula is C16H19N3O4. The lowest BCUT2D eigenvalue weighted by molar-refractivity contribution is 0.0523. The highest BCUT2D eigenvalue weighted by molar-refractivity contribution is 5.87. The van der Waals surface area contributed by atoms with Crippen LogP contribution < -0.4 is 5.32 Å². The van der Waals surface area contributed by atoms with Gasteiger partial charge in [-0.25, -0.2) is 9.59 Å². The van der Waals surface area contributed by atoms with E-state index in [1.165, 1.54) is 6.07 Å². The highest BCUT2D eigenvalue weighted by atomic mass is 16.6. The summed E-state index contributed by atoms with van der Waals surface area (Å²) < 4.78 is 5.19. The molecule has 0 radical (unpaired) electrons. The molecule has 0 saturated heterocycles. The van der Waals surface area contributed by atoms with Crippen molar-refractivity contribution >= 4 is 12.1 Å². The summed E-state index contributed by atoms with van der Waals surface area (Å²) in [4.78, 5) is 22.7. The van der Waals surface area contributed by atoms with Crippen molar-refractivity contribution in [2.75, 3.05) is 0 Å². The number of carbonyl (C=O) groups excluding carboxylic acids is 1. The van der Waals surface area contributed by atoms with Crippen LogP contribution in [0.5, 0.6) is 0 Å². The molecule has 0 atom stereocenters. The first-order chi connectivity index (χ1) is 10.8. The third-order valence-electron chi connectivity index (χ3n) is 2.92. The van der Waals surface area contributed by atoms with Crippen molar-refractivity contribution in [3.05, 3.63) is 41.6 Å². The maximum atomic E-state index is 11.7. The molecule has 23 heavy (non-hydrogen) atoms. The van der Waals surface area contributed by atoms with Gasteiger partial charge in [-0.3, -0.25) is 5.10 Å². The summed E-state index contributed by atoms with van der Waals surface area (Å²) in [6.45, 7) is 5.62. The van der Waals surface area contributed by atoms with Crippen molar-refractivity contribution in [3.63, 3.8) is 0 Å². The molecule has 0 aliphatic rings. The number of aromatic carboxylic acids is 1. The first-order valence-electron chi connectivity index (χ1n) is 7.10. The van der Waals surface area contributed by atoms with E-state index in [1.807, 2.05) is 24.3 Å². The molecule has 3 N–H and O–H groups in total. The first-order valence-corrected chi connectivity index (χ1v) is 7.10. The van der Waals surface area contributed by atoms with Gasteiger partial charge < -0.3 is 15.2 Å². The van der Waals surface area contributed by atoms with Crippen molar-refractivity contribution in [2.24, 2.45) is 0 Å². The topological polar surface area (TPSA) is 104 Å². The van der Waals surface area contributed by atoms with Crippen LogP contribution in [0.3, 0.4) is 0 Å². The summed E-state index contributed by atoms with van der Waals surface area (Å²) in [6, 6.07) is 8.76. The number of rotatable bonds is 4. The minimum absolute atomic E-state index is 0.00917. The lowest BCUT2D eigenvalue weighted by Gasteiger charge is -2.20. The molecule has 0 spiro atoms. The van der Waals surface area contributed by atoms with Gasteiger partial charge in [-0.1, -0.05) is 24.3 Å². The summed E-state index contributed by atoms with van der Waals surface area (Å²) in [5.41, 5.74) is 1.50. The van der Waals surface area contributed by atoms with Crippen LogP contribution in [-0.4, -0.2) is 33.0 Å². The van der Waals surface area contributed by atoms with E-state index >= 15 is 0 Å². The second-order valence-corrected chi connectivity index (χ2v) is 5.98. The minimum Gasteiger partial charge on any atom is -0.477 e. The number of nitrogens with one attached hydrogen (secondary N) is 2. The molecule has 2 rings (SSSR count). The maximum absolute atomic E-state index is 11.7. The number of hydrogen-bond donors (Lipinski definition) is 3. The molecule has 1 aromatic heterocycles. The molecular weight excluding hydrogens is 298 g/mol. The SMILES string of the molecule is CC(C)(C)OC(=O)NCc1ccccc1-c1cc(C(=O)O)[nH]n1. The normalized spacial score (nSPS) is 11.1. The number of benzene rings is 1. The van der Waals surface area contributed by atoms with Gasteiger partial charge in [0.2, 0.25) is 0 Å². The number of aromatic amines is 1. The minimum atomic E-state index is -1.08. The average molecular weight is 317 g/mol. The number of ether oxygens (including phenoxy) is 1. The van der Waals surface area contributed by atoms with Gasteiger partial charge in [0.05, 0.1) is 5.69 Å². The molecule has 0 aliphatic carbocycles. The van der Waals surface area contributed by atoms with Gasteiger partial charge in [0.15, 0.2) is 0 Å². The molecule has 1 amide bonds. The summed E-state index contributed by atoms with van der Waals surface area (Å²) in [5, 5.41) is 18.1. The summed E-state index contributed by atoms with van der Waals surface area (Å²) in [7, 11) is 0. The Morgan fingerprint density at radius 1 is 1.30 bits per heavy atom. The van der Waals surface area contributed by atoms with Crippen LogP contribution in [0.2, 0.25) is 0 Å². The highest BCUT2D eigenvalue weighted by Crippen LogP contribution is 2.22. The van der Waals surface area contributed by atoms with Crippen LogP contribution in [0.1, 0.15) is 36.8 Å². The van der Waals surface area contributed by atoms with Crippen LogP contribution in [-0.2, 0) is 11.3 Å². The Labute approximate surface area is 133 Å². The molecule has 2 aromatic rings. The summed E-state index contributed by atoms with van der Waals surface area (Å²) in [5.74, 6) is -1.08. The van der Waals surface area contributed by atoms with Crippen molar-refractivity contribution < 1.29 is 19.4 Å². The Bertz CT molecular complexity index is 716. The van der Waals surface area contributed by atoms with E-state index in [9.17, 15) is 9.59 Å². The van der Waals surface area contributed by atoms with E-state index in [4.69, 9.17) is 9.84 Å². The Morgan fingerprint density at radius 3 is 2.61 bits per heavy atom. The third kappa shape index (κ3) is 4.57. The fraction of sp³-hybridized carbons (Fsp3) is 0.312. The predicted molar refractivity (Wildman–Crippen MR) is 84.1 cm³/mol. The Hall–Kier alpha value is -2.83. The number of H-pyrrole nitrogens is 1. The molecule has 0 saturated carbocycles. The second-order valence-electron chi connectivity index (χ2n) is 5.98. The number of carboxylic acid groups (broad SMARTS) is 1. The zero-order chi connectivity index (χ0) is 17.0. The number of amides is 1. The third-order valence-corrected chi connectivity index (χ3v) is 2.92. The van der Waals surface area contributed by atoms with Crippen LogP contribution in [0.15, 0.2) is 30.3 Å². The monoisotopic (exact) mass is 317 g/mol. The Kier molecular flexibility index (Phi) is 4.68. The van der Waals surface area contributed by atoms with Crippen LogP contribution in [0.4, 0.5) is 4.79 Å². The fourth-order valence-electron chi connectivity index (χ4n) is 1.98. The number of hydrogen-bond acceptors (Lipinski definition) is 4. The standard InChI is InChI=1S/C16H19N3O4/c1-16(2,3)23-15(22)17-9-10-6-4-5-7-11(10)12-8-13(14(20)21)19-18-12/h4-8H,9H2,1-3H3,(H,17,22)(H,18,19)(H,20,21). The van der Waals surface area contributed by atoms with Crippen molar-refractivity contribution in [1.82, 2.24) is 15.5 Å². The predicted octanol–water partition coefficient (Wildman–Crippen LogP) is 2.80. The van der Waals surface area contributed by atoms with Gasteiger partial charge in [0.25, 0.3) is 0 Å². The molecule has 1 heterocycles.